The Kier molecular flexibility index (Phi) is 6.41. The van der Waals surface area contributed by atoms with E-state index in [0.29, 0.717) is 11.5 Å². The summed E-state index contributed by atoms with van der Waals surface area (Å²) < 4.78 is 13.0. The van der Waals surface area contributed by atoms with Gasteiger partial charge in [-0.05, 0) is 94.8 Å². The second-order valence-electron chi connectivity index (χ2n) is 7.90. The number of halogens is 1. The highest BCUT2D eigenvalue weighted by molar-refractivity contribution is 5.97. The minimum atomic E-state index is -0.304. The van der Waals surface area contributed by atoms with Crippen molar-refractivity contribution in [2.24, 2.45) is 23.5 Å². The van der Waals surface area contributed by atoms with Crippen LogP contribution < -0.4 is 5.73 Å². The summed E-state index contributed by atoms with van der Waals surface area (Å²) in [7, 11) is 0. The number of carbonyl (C=O) groups is 2. The van der Waals surface area contributed by atoms with Gasteiger partial charge in [-0.1, -0.05) is 0 Å². The molecule has 26 heavy (non-hydrogen) atoms. The van der Waals surface area contributed by atoms with Gasteiger partial charge in [-0.3, -0.25) is 9.59 Å². The average Bonchev–Trinajstić information content (AvgIpc) is 2.67. The number of amides is 1. The van der Waals surface area contributed by atoms with E-state index in [1.165, 1.54) is 18.6 Å². The molecule has 0 atom stereocenters. The number of Topliss-reactive ketones (excluding diaryl/α,β-unsaturated/α-hetero) is 1. The summed E-state index contributed by atoms with van der Waals surface area (Å²) in [6.45, 7) is 2.98. The van der Waals surface area contributed by atoms with Crippen LogP contribution in [-0.4, -0.2) is 36.2 Å². The first-order valence-electron chi connectivity index (χ1n) is 9.84. The molecule has 1 aliphatic carbocycles. The number of benzene rings is 1. The maximum Gasteiger partial charge on any atom is 0.220 e. The monoisotopic (exact) mass is 360 g/mol. The van der Waals surface area contributed by atoms with E-state index < -0.39 is 0 Å². The zero-order valence-electron chi connectivity index (χ0n) is 15.3. The van der Waals surface area contributed by atoms with Crippen molar-refractivity contribution < 1.29 is 14.0 Å². The van der Waals surface area contributed by atoms with Crippen molar-refractivity contribution in [2.45, 2.75) is 44.9 Å². The van der Waals surface area contributed by atoms with Gasteiger partial charge in [-0.25, -0.2) is 4.39 Å². The number of hydrogen-bond acceptors (Lipinski definition) is 3. The van der Waals surface area contributed by atoms with E-state index in [0.717, 1.165) is 58.2 Å². The minimum Gasteiger partial charge on any atom is -0.369 e. The molecule has 1 aromatic rings. The number of piperidine rings is 1. The summed E-state index contributed by atoms with van der Waals surface area (Å²) in [6, 6.07) is 5.89. The maximum absolute atomic E-state index is 13.0. The zero-order valence-corrected chi connectivity index (χ0v) is 15.3. The lowest BCUT2D eigenvalue weighted by Crippen LogP contribution is -2.37. The number of ketones is 1. The zero-order chi connectivity index (χ0) is 18.5. The molecule has 3 rings (SSSR count). The Balaban J connectivity index is 1.38. The fraction of sp³-hybridized carbons (Fsp3) is 0.619. The van der Waals surface area contributed by atoms with Crippen LogP contribution in [0.25, 0.3) is 0 Å². The first kappa shape index (κ1) is 19.0. The third-order valence-corrected chi connectivity index (χ3v) is 6.19. The minimum absolute atomic E-state index is 0.0581. The number of rotatable bonds is 6. The molecule has 2 fully saturated rings. The second kappa shape index (κ2) is 8.76. The van der Waals surface area contributed by atoms with Crippen molar-refractivity contribution in [1.82, 2.24) is 4.90 Å². The lowest BCUT2D eigenvalue weighted by molar-refractivity contribution is -0.123. The standard InChI is InChI=1S/C21H29FN2O2/c22-19-7-5-16(6-8-19)20(25)17-10-13-24(14-11-17)12-9-15-1-3-18(4-2-15)21(23)26/h5-8,15,17-18H,1-4,9-14H2,(H2,23,26)/t15-,18-. The summed E-state index contributed by atoms with van der Waals surface area (Å²) >= 11 is 0. The quantitative estimate of drug-likeness (QED) is 0.791. The Hall–Kier alpha value is -1.75. The van der Waals surface area contributed by atoms with Gasteiger partial charge in [-0.2, -0.15) is 0 Å². The molecule has 1 saturated heterocycles. The molecule has 0 spiro atoms. The molecule has 1 saturated carbocycles. The maximum atomic E-state index is 13.0. The Morgan fingerprint density at radius 3 is 2.15 bits per heavy atom. The fourth-order valence-corrected chi connectivity index (χ4v) is 4.37. The van der Waals surface area contributed by atoms with Gasteiger partial charge in [0.15, 0.2) is 5.78 Å². The third kappa shape index (κ3) is 4.91. The summed E-state index contributed by atoms with van der Waals surface area (Å²) in [5, 5.41) is 0. The highest BCUT2D eigenvalue weighted by Crippen LogP contribution is 2.31. The Bertz CT molecular complexity index is 615. The number of carbonyl (C=O) groups excluding carboxylic acids is 2. The second-order valence-corrected chi connectivity index (χ2v) is 7.90. The number of nitrogens with zero attached hydrogens (tertiary/aromatic N) is 1. The Morgan fingerprint density at radius 2 is 1.58 bits per heavy atom. The Labute approximate surface area is 154 Å². The van der Waals surface area contributed by atoms with Crippen molar-refractivity contribution in [3.8, 4) is 0 Å². The molecule has 1 aromatic carbocycles. The van der Waals surface area contributed by atoms with E-state index >= 15 is 0 Å². The predicted octanol–water partition coefficient (Wildman–Crippen LogP) is 3.40. The summed E-state index contributed by atoms with van der Waals surface area (Å²) in [5.41, 5.74) is 6.02. The number of hydrogen-bond donors (Lipinski definition) is 1. The highest BCUT2D eigenvalue weighted by atomic mass is 19.1. The van der Waals surface area contributed by atoms with Crippen LogP contribution in [-0.2, 0) is 4.79 Å². The van der Waals surface area contributed by atoms with Crippen LogP contribution in [0.5, 0.6) is 0 Å². The van der Waals surface area contributed by atoms with E-state index in [4.69, 9.17) is 5.73 Å². The lowest BCUT2D eigenvalue weighted by Gasteiger charge is -2.33. The van der Waals surface area contributed by atoms with Gasteiger partial charge < -0.3 is 10.6 Å². The summed E-state index contributed by atoms with van der Waals surface area (Å²) in [4.78, 5) is 26.2. The number of nitrogens with two attached hydrogens (primary N) is 1. The average molecular weight is 360 g/mol. The fourth-order valence-electron chi connectivity index (χ4n) is 4.37. The van der Waals surface area contributed by atoms with E-state index in [1.807, 2.05) is 0 Å². The molecule has 2 aliphatic rings. The van der Waals surface area contributed by atoms with Crippen molar-refractivity contribution in [1.29, 1.82) is 0 Å². The van der Waals surface area contributed by atoms with Gasteiger partial charge in [0.1, 0.15) is 5.82 Å². The largest absolute Gasteiger partial charge is 0.369 e. The molecule has 142 valence electrons. The van der Waals surface area contributed by atoms with E-state index in [2.05, 4.69) is 4.90 Å². The summed E-state index contributed by atoms with van der Waals surface area (Å²) in [6.07, 6.45) is 7.01. The van der Waals surface area contributed by atoms with Crippen LogP contribution in [0, 0.1) is 23.6 Å². The molecular weight excluding hydrogens is 331 g/mol. The van der Waals surface area contributed by atoms with Gasteiger partial charge in [-0.15, -0.1) is 0 Å². The molecule has 4 nitrogen and oxygen atoms in total. The van der Waals surface area contributed by atoms with Crippen LogP contribution >= 0.6 is 0 Å². The summed E-state index contributed by atoms with van der Waals surface area (Å²) in [5.74, 6) is 0.540. The van der Waals surface area contributed by atoms with Gasteiger partial charge in [0.25, 0.3) is 0 Å². The van der Waals surface area contributed by atoms with Crippen molar-refractivity contribution in [3.05, 3.63) is 35.6 Å². The van der Waals surface area contributed by atoms with E-state index in [-0.39, 0.29) is 29.3 Å². The number of primary amides is 1. The molecule has 1 heterocycles. The third-order valence-electron chi connectivity index (χ3n) is 6.19. The molecule has 0 radical (unpaired) electrons. The lowest BCUT2D eigenvalue weighted by atomic mass is 9.80. The number of likely N-dealkylation sites (tertiary alicyclic amines) is 1. The van der Waals surface area contributed by atoms with Crippen LogP contribution in [0.15, 0.2) is 24.3 Å². The SMILES string of the molecule is NC(=O)[C@H]1CC[C@H](CCN2CCC(C(=O)c3ccc(F)cc3)CC2)CC1. The van der Waals surface area contributed by atoms with Crippen LogP contribution in [0.2, 0.25) is 0 Å². The molecule has 1 amide bonds. The molecular formula is C21H29FN2O2. The van der Waals surface area contributed by atoms with Crippen molar-refractivity contribution in [2.75, 3.05) is 19.6 Å². The van der Waals surface area contributed by atoms with E-state index in [1.54, 1.807) is 12.1 Å². The Morgan fingerprint density at radius 1 is 0.962 bits per heavy atom. The first-order chi connectivity index (χ1) is 12.5. The van der Waals surface area contributed by atoms with Crippen molar-refractivity contribution >= 4 is 11.7 Å². The highest BCUT2D eigenvalue weighted by Gasteiger charge is 2.28. The molecule has 0 aromatic heterocycles. The van der Waals surface area contributed by atoms with Crippen LogP contribution in [0.4, 0.5) is 4.39 Å². The van der Waals surface area contributed by atoms with Crippen molar-refractivity contribution in [3.63, 3.8) is 0 Å². The molecule has 1 aliphatic heterocycles. The van der Waals surface area contributed by atoms with E-state index in [9.17, 15) is 14.0 Å². The van der Waals surface area contributed by atoms with Gasteiger partial charge in [0, 0.05) is 17.4 Å². The van der Waals surface area contributed by atoms with Crippen LogP contribution in [0.1, 0.15) is 55.3 Å². The topological polar surface area (TPSA) is 63.4 Å². The van der Waals surface area contributed by atoms with Crippen LogP contribution in [0.3, 0.4) is 0 Å². The molecule has 0 bridgehead atoms. The molecule has 0 unspecified atom stereocenters. The normalized spacial score (nSPS) is 25.1. The predicted molar refractivity (Wildman–Crippen MR) is 99.2 cm³/mol. The molecule has 2 N–H and O–H groups in total. The van der Waals surface area contributed by atoms with Gasteiger partial charge in [0.05, 0.1) is 0 Å². The van der Waals surface area contributed by atoms with Gasteiger partial charge in [0.2, 0.25) is 5.91 Å². The molecule has 5 heteroatoms. The van der Waals surface area contributed by atoms with Gasteiger partial charge >= 0.3 is 0 Å². The first-order valence-corrected chi connectivity index (χ1v) is 9.84. The smallest absolute Gasteiger partial charge is 0.220 e.